The molecule has 0 saturated heterocycles. The van der Waals surface area contributed by atoms with Crippen LogP contribution in [0.3, 0.4) is 0 Å². The molecule has 3 unspecified atom stereocenters. The average Bonchev–Trinajstić information content (AvgIpc) is 2.96. The van der Waals surface area contributed by atoms with Gasteiger partial charge in [0.25, 0.3) is 5.91 Å². The Hall–Kier alpha value is -1.51. The quantitative estimate of drug-likeness (QED) is 0.819. The van der Waals surface area contributed by atoms with Gasteiger partial charge in [0, 0.05) is 17.8 Å². The third-order valence-corrected chi connectivity index (χ3v) is 4.77. The molecule has 1 aromatic rings. The van der Waals surface area contributed by atoms with Crippen LogP contribution < -0.4 is 11.1 Å². The number of nitrogens with one attached hydrogen (secondary N) is 1. The molecule has 0 radical (unpaired) electrons. The van der Waals surface area contributed by atoms with Gasteiger partial charge in [-0.2, -0.15) is 0 Å². The fourth-order valence-electron chi connectivity index (χ4n) is 3.90. The van der Waals surface area contributed by atoms with Crippen molar-refractivity contribution in [3.63, 3.8) is 0 Å². The Morgan fingerprint density at radius 2 is 2.16 bits per heavy atom. The van der Waals surface area contributed by atoms with Gasteiger partial charge >= 0.3 is 0 Å². The largest absolute Gasteiger partial charge is 0.399 e. The smallest absolute Gasteiger partial charge is 0.251 e. The third kappa shape index (κ3) is 2.60. The van der Waals surface area contributed by atoms with Crippen molar-refractivity contribution in [3.8, 4) is 0 Å². The van der Waals surface area contributed by atoms with Crippen LogP contribution >= 0.6 is 0 Å². The zero-order chi connectivity index (χ0) is 13.4. The van der Waals surface area contributed by atoms with Gasteiger partial charge in [-0.15, -0.1) is 0 Å². The number of aryl methyl sites for hydroxylation is 1. The second-order valence-corrected chi connectivity index (χ2v) is 6.28. The highest BCUT2D eigenvalue weighted by molar-refractivity contribution is 5.95. The number of anilines is 1. The maximum Gasteiger partial charge on any atom is 0.251 e. The normalized spacial score (nSPS) is 28.6. The summed E-state index contributed by atoms with van der Waals surface area (Å²) in [6, 6.07) is 5.53. The fraction of sp³-hybridized carbons (Fsp3) is 0.562. The summed E-state index contributed by atoms with van der Waals surface area (Å²) in [6.45, 7) is 2.79. The van der Waals surface area contributed by atoms with Gasteiger partial charge in [-0.3, -0.25) is 4.79 Å². The van der Waals surface area contributed by atoms with Gasteiger partial charge in [0.2, 0.25) is 0 Å². The van der Waals surface area contributed by atoms with Gasteiger partial charge in [0.1, 0.15) is 0 Å². The molecule has 2 aliphatic carbocycles. The van der Waals surface area contributed by atoms with Crippen LogP contribution in [0.1, 0.15) is 41.6 Å². The zero-order valence-electron chi connectivity index (χ0n) is 11.5. The van der Waals surface area contributed by atoms with E-state index in [1.165, 1.54) is 25.7 Å². The van der Waals surface area contributed by atoms with E-state index in [0.29, 0.717) is 17.2 Å². The topological polar surface area (TPSA) is 55.1 Å². The molecule has 2 fully saturated rings. The van der Waals surface area contributed by atoms with Crippen molar-refractivity contribution in [2.45, 2.75) is 32.6 Å². The second kappa shape index (κ2) is 4.87. The molecule has 2 aliphatic rings. The van der Waals surface area contributed by atoms with Gasteiger partial charge in [-0.1, -0.05) is 6.42 Å². The van der Waals surface area contributed by atoms with Crippen LogP contribution in [-0.2, 0) is 0 Å². The number of hydrogen-bond donors (Lipinski definition) is 2. The highest BCUT2D eigenvalue weighted by Crippen LogP contribution is 2.47. The van der Waals surface area contributed by atoms with E-state index in [1.54, 1.807) is 6.07 Å². The lowest BCUT2D eigenvalue weighted by molar-refractivity contribution is 0.0941. The molecule has 102 valence electrons. The summed E-state index contributed by atoms with van der Waals surface area (Å²) >= 11 is 0. The van der Waals surface area contributed by atoms with Gasteiger partial charge in [-0.25, -0.2) is 0 Å². The molecule has 2 bridgehead atoms. The Bertz CT molecular complexity index is 477. The summed E-state index contributed by atoms with van der Waals surface area (Å²) in [5, 5.41) is 3.09. The van der Waals surface area contributed by atoms with Crippen molar-refractivity contribution in [2.75, 3.05) is 12.3 Å². The van der Waals surface area contributed by atoms with E-state index >= 15 is 0 Å². The van der Waals surface area contributed by atoms with Crippen LogP contribution in [0.5, 0.6) is 0 Å². The van der Waals surface area contributed by atoms with Crippen molar-refractivity contribution >= 4 is 11.6 Å². The monoisotopic (exact) mass is 258 g/mol. The summed E-state index contributed by atoms with van der Waals surface area (Å²) in [7, 11) is 0. The Balaban J connectivity index is 1.59. The summed E-state index contributed by atoms with van der Waals surface area (Å²) in [5.41, 5.74) is 8.16. The SMILES string of the molecule is Cc1cc(N)cc(C(=O)NCC2CC3CCC2C3)c1. The van der Waals surface area contributed by atoms with Crippen LogP contribution in [0.2, 0.25) is 0 Å². The van der Waals surface area contributed by atoms with E-state index in [2.05, 4.69) is 5.32 Å². The maximum absolute atomic E-state index is 12.1. The average molecular weight is 258 g/mol. The van der Waals surface area contributed by atoms with Crippen LogP contribution in [-0.4, -0.2) is 12.5 Å². The molecule has 1 amide bonds. The molecular weight excluding hydrogens is 236 g/mol. The molecule has 19 heavy (non-hydrogen) atoms. The number of amides is 1. The lowest BCUT2D eigenvalue weighted by Crippen LogP contribution is -2.31. The maximum atomic E-state index is 12.1. The van der Waals surface area contributed by atoms with Crippen molar-refractivity contribution in [1.82, 2.24) is 5.32 Å². The molecule has 1 aromatic carbocycles. The molecule has 3 atom stereocenters. The number of benzene rings is 1. The number of nitrogens with two attached hydrogens (primary N) is 1. The van der Waals surface area contributed by atoms with E-state index in [-0.39, 0.29) is 5.91 Å². The molecule has 3 rings (SSSR count). The van der Waals surface area contributed by atoms with Gasteiger partial charge in [0.05, 0.1) is 0 Å². The highest BCUT2D eigenvalue weighted by atomic mass is 16.1. The Labute approximate surface area is 114 Å². The number of hydrogen-bond acceptors (Lipinski definition) is 2. The standard InChI is InChI=1S/C16H22N2O/c1-10-4-13(8-15(17)5-10)16(19)18-9-14-7-11-2-3-12(14)6-11/h4-5,8,11-12,14H,2-3,6-7,9,17H2,1H3,(H,18,19). The number of nitrogen functional groups attached to an aromatic ring is 1. The van der Waals surface area contributed by atoms with Crippen LogP contribution in [0.4, 0.5) is 5.69 Å². The molecule has 2 saturated carbocycles. The number of fused-ring (bicyclic) bond motifs is 2. The molecule has 0 aromatic heterocycles. The third-order valence-electron chi connectivity index (χ3n) is 4.77. The molecule has 0 aliphatic heterocycles. The summed E-state index contributed by atoms with van der Waals surface area (Å²) in [5.74, 6) is 2.50. The van der Waals surface area contributed by atoms with E-state index in [9.17, 15) is 4.79 Å². The van der Waals surface area contributed by atoms with Crippen LogP contribution in [0.15, 0.2) is 18.2 Å². The van der Waals surface area contributed by atoms with Gasteiger partial charge in [0.15, 0.2) is 0 Å². The summed E-state index contributed by atoms with van der Waals surface area (Å²) in [6.07, 6.45) is 5.46. The minimum Gasteiger partial charge on any atom is -0.399 e. The zero-order valence-corrected chi connectivity index (χ0v) is 11.5. The Kier molecular flexibility index (Phi) is 3.21. The minimum atomic E-state index is 0.0122. The molecule has 3 N–H and O–H groups in total. The molecule has 3 nitrogen and oxygen atoms in total. The first-order valence-electron chi connectivity index (χ1n) is 7.27. The first-order valence-corrected chi connectivity index (χ1v) is 7.27. The lowest BCUT2D eigenvalue weighted by Gasteiger charge is -2.21. The van der Waals surface area contributed by atoms with Crippen molar-refractivity contribution in [1.29, 1.82) is 0 Å². The first kappa shape index (κ1) is 12.5. The van der Waals surface area contributed by atoms with Crippen LogP contribution in [0, 0.1) is 24.7 Å². The first-order chi connectivity index (χ1) is 9.11. The number of carbonyl (C=O) groups excluding carboxylic acids is 1. The Morgan fingerprint density at radius 3 is 2.79 bits per heavy atom. The van der Waals surface area contributed by atoms with Gasteiger partial charge < -0.3 is 11.1 Å². The predicted octanol–water partition coefficient (Wildman–Crippen LogP) is 2.74. The Morgan fingerprint density at radius 1 is 1.32 bits per heavy atom. The minimum absolute atomic E-state index is 0.0122. The predicted molar refractivity (Wildman–Crippen MR) is 76.9 cm³/mol. The van der Waals surface area contributed by atoms with E-state index in [4.69, 9.17) is 5.73 Å². The summed E-state index contributed by atoms with van der Waals surface area (Å²) < 4.78 is 0. The van der Waals surface area contributed by atoms with Crippen molar-refractivity contribution < 1.29 is 4.79 Å². The summed E-state index contributed by atoms with van der Waals surface area (Å²) in [4.78, 5) is 12.1. The molecule has 0 spiro atoms. The van der Waals surface area contributed by atoms with E-state index in [0.717, 1.165) is 23.9 Å². The molecular formula is C16H22N2O. The van der Waals surface area contributed by atoms with Crippen LogP contribution in [0.25, 0.3) is 0 Å². The second-order valence-electron chi connectivity index (χ2n) is 6.28. The molecule has 3 heteroatoms. The number of rotatable bonds is 3. The lowest BCUT2D eigenvalue weighted by atomic mass is 9.89. The van der Waals surface area contributed by atoms with E-state index < -0.39 is 0 Å². The molecule has 0 heterocycles. The van der Waals surface area contributed by atoms with Gasteiger partial charge in [-0.05, 0) is 67.7 Å². The fourth-order valence-corrected chi connectivity index (χ4v) is 3.90. The highest BCUT2D eigenvalue weighted by Gasteiger charge is 2.39. The van der Waals surface area contributed by atoms with E-state index in [1.807, 2.05) is 19.1 Å². The van der Waals surface area contributed by atoms with Crippen molar-refractivity contribution in [3.05, 3.63) is 29.3 Å². The van der Waals surface area contributed by atoms with Crippen molar-refractivity contribution in [2.24, 2.45) is 17.8 Å². The number of carbonyl (C=O) groups is 1.